The highest BCUT2D eigenvalue weighted by atomic mass is 16.6. The maximum atomic E-state index is 11.7. The van der Waals surface area contributed by atoms with Crippen molar-refractivity contribution in [3.63, 3.8) is 0 Å². The lowest BCUT2D eigenvalue weighted by molar-refractivity contribution is -0.385. The third-order valence-corrected chi connectivity index (χ3v) is 2.74. The number of carbonyl (C=O) groups excluding carboxylic acids is 1. The Hall–Kier alpha value is -1.91. The van der Waals surface area contributed by atoms with E-state index in [1.807, 2.05) is 0 Å². The third-order valence-electron chi connectivity index (χ3n) is 2.74. The maximum Gasteiger partial charge on any atom is 0.273 e. The van der Waals surface area contributed by atoms with Crippen LogP contribution >= 0.6 is 0 Å². The SMILES string of the molecule is O=C(Cc1ccccc1[N+](=O)[O-])N1CCC1. The summed E-state index contributed by atoms with van der Waals surface area (Å²) in [7, 11) is 0. The summed E-state index contributed by atoms with van der Waals surface area (Å²) in [6, 6.07) is 6.38. The molecule has 84 valence electrons. The monoisotopic (exact) mass is 220 g/mol. The molecule has 0 N–H and O–H groups in total. The molecule has 1 saturated heterocycles. The molecule has 1 aromatic carbocycles. The second kappa shape index (κ2) is 4.30. The summed E-state index contributed by atoms with van der Waals surface area (Å²) in [6.07, 6.45) is 1.15. The summed E-state index contributed by atoms with van der Waals surface area (Å²) in [4.78, 5) is 23.7. The predicted octanol–water partition coefficient (Wildman–Crippen LogP) is 1.37. The minimum Gasteiger partial charge on any atom is -0.342 e. The second-order valence-corrected chi connectivity index (χ2v) is 3.80. The van der Waals surface area contributed by atoms with Crippen LogP contribution in [0, 0.1) is 10.1 Å². The Bertz CT molecular complexity index is 427. The van der Waals surface area contributed by atoms with E-state index in [1.54, 1.807) is 23.1 Å². The fourth-order valence-corrected chi connectivity index (χ4v) is 1.68. The highest BCUT2D eigenvalue weighted by Gasteiger charge is 2.23. The Balaban J connectivity index is 2.13. The summed E-state index contributed by atoms with van der Waals surface area (Å²) in [5.41, 5.74) is 0.515. The average Bonchev–Trinajstić information content (AvgIpc) is 2.15. The predicted molar refractivity (Wildman–Crippen MR) is 58.0 cm³/mol. The number of carbonyl (C=O) groups is 1. The van der Waals surface area contributed by atoms with E-state index in [0.29, 0.717) is 5.56 Å². The van der Waals surface area contributed by atoms with Crippen molar-refractivity contribution < 1.29 is 9.72 Å². The van der Waals surface area contributed by atoms with Crippen LogP contribution in [0.25, 0.3) is 0 Å². The summed E-state index contributed by atoms with van der Waals surface area (Å²) >= 11 is 0. The second-order valence-electron chi connectivity index (χ2n) is 3.80. The molecule has 5 nitrogen and oxygen atoms in total. The van der Waals surface area contributed by atoms with E-state index in [2.05, 4.69) is 0 Å². The van der Waals surface area contributed by atoms with E-state index in [1.165, 1.54) is 6.07 Å². The molecule has 0 atom stereocenters. The molecule has 5 heteroatoms. The number of rotatable bonds is 3. The van der Waals surface area contributed by atoms with Crippen LogP contribution in [-0.4, -0.2) is 28.8 Å². The molecule has 1 fully saturated rings. The molecular formula is C11H12N2O3. The largest absolute Gasteiger partial charge is 0.342 e. The molecule has 0 unspecified atom stereocenters. The number of nitro groups is 1. The van der Waals surface area contributed by atoms with Gasteiger partial charge in [0.25, 0.3) is 5.69 Å². The standard InChI is InChI=1S/C11H12N2O3/c14-11(12-6-3-7-12)8-9-4-1-2-5-10(9)13(15)16/h1-2,4-5H,3,6-8H2. The van der Waals surface area contributed by atoms with Crippen molar-refractivity contribution in [2.24, 2.45) is 0 Å². The fraction of sp³-hybridized carbons (Fsp3) is 0.364. The van der Waals surface area contributed by atoms with E-state index in [9.17, 15) is 14.9 Å². The van der Waals surface area contributed by atoms with Crippen LogP contribution < -0.4 is 0 Å². The molecule has 1 aliphatic rings. The molecule has 0 aliphatic carbocycles. The highest BCUT2D eigenvalue weighted by Crippen LogP contribution is 2.19. The first-order valence-corrected chi connectivity index (χ1v) is 5.18. The molecule has 1 aliphatic heterocycles. The molecular weight excluding hydrogens is 208 g/mol. The number of nitro benzene ring substituents is 1. The summed E-state index contributed by atoms with van der Waals surface area (Å²) in [5, 5.41) is 10.7. The first kappa shape index (κ1) is 10.6. The Morgan fingerprint density at radius 2 is 2.06 bits per heavy atom. The maximum absolute atomic E-state index is 11.7. The summed E-state index contributed by atoms with van der Waals surface area (Å²) < 4.78 is 0. The van der Waals surface area contributed by atoms with Crippen molar-refractivity contribution in [2.75, 3.05) is 13.1 Å². The Morgan fingerprint density at radius 1 is 1.38 bits per heavy atom. The van der Waals surface area contributed by atoms with Crippen LogP contribution in [0.15, 0.2) is 24.3 Å². The van der Waals surface area contributed by atoms with Crippen LogP contribution in [0.2, 0.25) is 0 Å². The minimum absolute atomic E-state index is 0.0244. The number of likely N-dealkylation sites (tertiary alicyclic amines) is 1. The van der Waals surface area contributed by atoms with Crippen molar-refractivity contribution >= 4 is 11.6 Å². The van der Waals surface area contributed by atoms with Gasteiger partial charge in [-0.3, -0.25) is 14.9 Å². The van der Waals surface area contributed by atoms with Crippen LogP contribution in [0.3, 0.4) is 0 Å². The minimum atomic E-state index is -0.446. The van der Waals surface area contributed by atoms with Gasteiger partial charge in [-0.2, -0.15) is 0 Å². The Labute approximate surface area is 92.8 Å². The van der Waals surface area contributed by atoms with Crippen LogP contribution in [0.5, 0.6) is 0 Å². The average molecular weight is 220 g/mol. The van der Waals surface area contributed by atoms with Gasteiger partial charge in [-0.25, -0.2) is 0 Å². The van der Waals surface area contributed by atoms with Crippen LogP contribution in [0.1, 0.15) is 12.0 Å². The molecule has 0 radical (unpaired) electrons. The van der Waals surface area contributed by atoms with Crippen molar-refractivity contribution in [3.05, 3.63) is 39.9 Å². The zero-order valence-corrected chi connectivity index (χ0v) is 8.76. The zero-order valence-electron chi connectivity index (χ0n) is 8.76. The molecule has 0 bridgehead atoms. The molecule has 0 saturated carbocycles. The van der Waals surface area contributed by atoms with Crippen molar-refractivity contribution in [2.45, 2.75) is 12.8 Å². The van der Waals surface area contributed by atoms with Gasteiger partial charge in [0.15, 0.2) is 0 Å². The van der Waals surface area contributed by atoms with Gasteiger partial charge < -0.3 is 4.90 Å². The van der Waals surface area contributed by atoms with Gasteiger partial charge in [0.05, 0.1) is 11.3 Å². The summed E-state index contributed by atoms with van der Waals surface area (Å²) in [6.45, 7) is 1.55. The van der Waals surface area contributed by atoms with Crippen LogP contribution in [0.4, 0.5) is 5.69 Å². The lowest BCUT2D eigenvalue weighted by Gasteiger charge is -2.30. The van der Waals surface area contributed by atoms with Gasteiger partial charge in [-0.15, -0.1) is 0 Å². The first-order valence-electron chi connectivity index (χ1n) is 5.18. The van der Waals surface area contributed by atoms with Crippen LogP contribution in [-0.2, 0) is 11.2 Å². The van der Waals surface area contributed by atoms with Crippen molar-refractivity contribution in [1.82, 2.24) is 4.90 Å². The van der Waals surface area contributed by atoms with E-state index in [0.717, 1.165) is 19.5 Å². The van der Waals surface area contributed by atoms with E-state index >= 15 is 0 Å². The number of benzene rings is 1. The van der Waals surface area contributed by atoms with Gasteiger partial charge in [-0.05, 0) is 6.42 Å². The topological polar surface area (TPSA) is 63.4 Å². The number of nitrogens with zero attached hydrogens (tertiary/aromatic N) is 2. The summed E-state index contributed by atoms with van der Waals surface area (Å²) in [5.74, 6) is -0.0273. The quantitative estimate of drug-likeness (QED) is 0.570. The van der Waals surface area contributed by atoms with Gasteiger partial charge in [0.1, 0.15) is 0 Å². The lowest BCUT2D eigenvalue weighted by atomic mass is 10.1. The number of hydrogen-bond donors (Lipinski definition) is 0. The van der Waals surface area contributed by atoms with Gasteiger partial charge >= 0.3 is 0 Å². The molecule has 1 aromatic rings. The highest BCUT2D eigenvalue weighted by molar-refractivity contribution is 5.80. The number of amides is 1. The molecule has 0 spiro atoms. The van der Waals surface area contributed by atoms with Crippen molar-refractivity contribution in [1.29, 1.82) is 0 Å². The Kier molecular flexibility index (Phi) is 2.85. The van der Waals surface area contributed by atoms with E-state index in [4.69, 9.17) is 0 Å². The normalized spacial score (nSPS) is 14.4. The zero-order chi connectivity index (χ0) is 11.5. The van der Waals surface area contributed by atoms with Crippen molar-refractivity contribution in [3.8, 4) is 0 Å². The van der Waals surface area contributed by atoms with E-state index < -0.39 is 4.92 Å². The number of hydrogen-bond acceptors (Lipinski definition) is 3. The van der Waals surface area contributed by atoms with Gasteiger partial charge in [-0.1, -0.05) is 18.2 Å². The third kappa shape index (κ3) is 2.03. The van der Waals surface area contributed by atoms with Gasteiger partial charge in [0.2, 0.25) is 5.91 Å². The fourth-order valence-electron chi connectivity index (χ4n) is 1.68. The lowest BCUT2D eigenvalue weighted by Crippen LogP contribution is -2.42. The first-order chi connectivity index (χ1) is 7.68. The molecule has 1 amide bonds. The van der Waals surface area contributed by atoms with E-state index in [-0.39, 0.29) is 18.0 Å². The molecule has 1 heterocycles. The molecule has 2 rings (SSSR count). The number of para-hydroxylation sites is 1. The smallest absolute Gasteiger partial charge is 0.273 e. The Morgan fingerprint density at radius 3 is 2.62 bits per heavy atom. The van der Waals surface area contributed by atoms with Gasteiger partial charge in [0, 0.05) is 24.7 Å². The molecule has 0 aromatic heterocycles. The molecule has 16 heavy (non-hydrogen) atoms.